The van der Waals surface area contributed by atoms with Crippen molar-refractivity contribution in [1.82, 2.24) is 9.97 Å². The van der Waals surface area contributed by atoms with Crippen molar-refractivity contribution in [3.63, 3.8) is 0 Å². The second-order valence-corrected chi connectivity index (χ2v) is 4.09. The van der Waals surface area contributed by atoms with E-state index in [0.29, 0.717) is 6.42 Å². The van der Waals surface area contributed by atoms with Crippen LogP contribution in [0.3, 0.4) is 0 Å². The maximum Gasteiger partial charge on any atom is 0.326 e. The van der Waals surface area contributed by atoms with Gasteiger partial charge in [0, 0.05) is 0 Å². The number of hydrogen-bond acceptors (Lipinski definition) is 7. The number of aromatic nitrogens is 2. The number of nitroso groups, excluding NO2 is 1. The van der Waals surface area contributed by atoms with Crippen LogP contribution in [0.25, 0.3) is 0 Å². The summed E-state index contributed by atoms with van der Waals surface area (Å²) < 4.78 is 0. The Balaban J connectivity index is 3.19. The number of rotatable bonds is 6. The van der Waals surface area contributed by atoms with Crippen LogP contribution in [0.2, 0.25) is 0 Å². The summed E-state index contributed by atoms with van der Waals surface area (Å²) in [6, 6.07) is -1.00. The number of anilines is 2. The first-order valence-corrected chi connectivity index (χ1v) is 5.63. The molecule has 1 aromatic rings. The van der Waals surface area contributed by atoms with E-state index in [9.17, 15) is 14.5 Å². The molecule has 0 saturated heterocycles. The van der Waals surface area contributed by atoms with Gasteiger partial charge in [0.05, 0.1) is 0 Å². The van der Waals surface area contributed by atoms with Gasteiger partial charge in [0.2, 0.25) is 11.6 Å². The molecule has 19 heavy (non-hydrogen) atoms. The molecule has 2 unspecified atom stereocenters. The van der Waals surface area contributed by atoms with E-state index in [4.69, 9.17) is 10.8 Å². The molecule has 1 aromatic heterocycles. The van der Waals surface area contributed by atoms with E-state index >= 15 is 0 Å². The molecule has 0 fully saturated rings. The van der Waals surface area contributed by atoms with Gasteiger partial charge in [-0.2, -0.15) is 4.98 Å². The van der Waals surface area contributed by atoms with E-state index in [1.807, 2.05) is 6.92 Å². The molecule has 0 saturated carbocycles. The Bertz CT molecular complexity index is 541. The molecule has 0 aliphatic heterocycles. The molecule has 5 N–H and O–H groups in total. The predicted molar refractivity (Wildman–Crippen MR) is 69.2 cm³/mol. The van der Waals surface area contributed by atoms with Crippen molar-refractivity contribution in [2.45, 2.75) is 26.3 Å². The maximum atomic E-state index is 11.4. The Hall–Kier alpha value is -2.45. The van der Waals surface area contributed by atoms with Gasteiger partial charge in [-0.25, -0.2) is 4.79 Å². The Morgan fingerprint density at radius 3 is 2.74 bits per heavy atom. The Labute approximate surface area is 108 Å². The minimum Gasteiger partial charge on any atom is -0.480 e. The minimum absolute atomic E-state index is 0.229. The zero-order valence-electron chi connectivity index (χ0n) is 10.5. The molecular formula is C10H15N5O4. The monoisotopic (exact) mass is 269 g/mol. The average molecular weight is 269 g/mol. The molecule has 0 spiro atoms. The number of carboxylic acid groups (broad SMARTS) is 1. The third-order valence-corrected chi connectivity index (χ3v) is 2.78. The number of nitrogens with zero attached hydrogens (tertiary/aromatic N) is 2. The van der Waals surface area contributed by atoms with Crippen LogP contribution in [0.1, 0.15) is 20.3 Å². The number of nitrogen functional groups attached to an aromatic ring is 1. The number of H-pyrrole nitrogens is 1. The van der Waals surface area contributed by atoms with Gasteiger partial charge in [-0.3, -0.25) is 9.78 Å². The summed E-state index contributed by atoms with van der Waals surface area (Å²) in [6.07, 6.45) is 0.590. The molecule has 0 aliphatic rings. The van der Waals surface area contributed by atoms with Gasteiger partial charge in [0.1, 0.15) is 6.04 Å². The number of carbonyl (C=O) groups is 1. The van der Waals surface area contributed by atoms with Gasteiger partial charge in [-0.05, 0) is 11.1 Å². The molecule has 0 bridgehead atoms. The van der Waals surface area contributed by atoms with Crippen molar-refractivity contribution in [2.75, 3.05) is 11.1 Å². The van der Waals surface area contributed by atoms with Gasteiger partial charge in [-0.1, -0.05) is 20.3 Å². The maximum absolute atomic E-state index is 11.4. The van der Waals surface area contributed by atoms with E-state index in [1.54, 1.807) is 6.92 Å². The normalized spacial score (nSPS) is 13.6. The molecule has 1 rings (SSSR count). The fourth-order valence-electron chi connectivity index (χ4n) is 1.50. The van der Waals surface area contributed by atoms with Crippen molar-refractivity contribution < 1.29 is 9.90 Å². The molecule has 9 nitrogen and oxygen atoms in total. The number of carboxylic acids is 1. The summed E-state index contributed by atoms with van der Waals surface area (Å²) in [5, 5.41) is 14.2. The number of hydrogen-bond donors (Lipinski definition) is 4. The zero-order valence-corrected chi connectivity index (χ0v) is 10.5. The number of nitrogens with one attached hydrogen (secondary N) is 2. The van der Waals surface area contributed by atoms with Gasteiger partial charge in [0.15, 0.2) is 5.82 Å². The number of aromatic amines is 1. The minimum atomic E-state index is -1.12. The fraction of sp³-hybridized carbons (Fsp3) is 0.500. The predicted octanol–water partition coefficient (Wildman–Crippen LogP) is 0.661. The van der Waals surface area contributed by atoms with Gasteiger partial charge < -0.3 is 16.2 Å². The quantitative estimate of drug-likeness (QED) is 0.553. The highest BCUT2D eigenvalue weighted by Gasteiger charge is 2.26. The van der Waals surface area contributed by atoms with Gasteiger partial charge in [-0.15, -0.1) is 4.91 Å². The molecule has 104 valence electrons. The van der Waals surface area contributed by atoms with Crippen LogP contribution in [-0.2, 0) is 4.79 Å². The molecule has 9 heteroatoms. The van der Waals surface area contributed by atoms with Crippen molar-refractivity contribution in [1.29, 1.82) is 0 Å². The first kappa shape index (κ1) is 14.6. The van der Waals surface area contributed by atoms with Crippen LogP contribution in [0, 0.1) is 10.8 Å². The molecule has 1 heterocycles. The van der Waals surface area contributed by atoms with E-state index in [1.165, 1.54) is 0 Å². The highest BCUT2D eigenvalue weighted by atomic mass is 16.4. The van der Waals surface area contributed by atoms with E-state index < -0.39 is 23.3 Å². The van der Waals surface area contributed by atoms with Gasteiger partial charge in [0.25, 0.3) is 5.56 Å². The van der Waals surface area contributed by atoms with Crippen molar-refractivity contribution in [3.05, 3.63) is 15.3 Å². The average Bonchev–Trinajstić information content (AvgIpc) is 2.34. The lowest BCUT2D eigenvalue weighted by molar-refractivity contribution is -0.139. The Kier molecular flexibility index (Phi) is 4.56. The smallest absolute Gasteiger partial charge is 0.326 e. The van der Waals surface area contributed by atoms with Crippen molar-refractivity contribution in [2.24, 2.45) is 11.1 Å². The molecule has 0 aliphatic carbocycles. The summed E-state index contributed by atoms with van der Waals surface area (Å²) in [5.74, 6) is -1.82. The second kappa shape index (κ2) is 5.94. The van der Waals surface area contributed by atoms with Crippen LogP contribution < -0.4 is 16.6 Å². The van der Waals surface area contributed by atoms with Crippen LogP contribution in [0.15, 0.2) is 9.97 Å². The van der Waals surface area contributed by atoms with E-state index in [0.717, 1.165) is 0 Å². The van der Waals surface area contributed by atoms with Crippen molar-refractivity contribution >= 4 is 23.4 Å². The first-order valence-electron chi connectivity index (χ1n) is 5.63. The highest BCUT2D eigenvalue weighted by Crippen LogP contribution is 2.21. The third kappa shape index (κ3) is 3.27. The van der Waals surface area contributed by atoms with Crippen molar-refractivity contribution in [3.8, 4) is 0 Å². The topological polar surface area (TPSA) is 151 Å². The van der Waals surface area contributed by atoms with Crippen LogP contribution in [0.5, 0.6) is 0 Å². The molecule has 2 atom stereocenters. The van der Waals surface area contributed by atoms with Crippen LogP contribution in [0.4, 0.5) is 17.5 Å². The Morgan fingerprint density at radius 2 is 2.26 bits per heavy atom. The first-order chi connectivity index (χ1) is 8.90. The van der Waals surface area contributed by atoms with Crippen LogP contribution in [-0.4, -0.2) is 27.1 Å². The Morgan fingerprint density at radius 1 is 1.63 bits per heavy atom. The lowest BCUT2D eigenvalue weighted by Crippen LogP contribution is -2.36. The summed E-state index contributed by atoms with van der Waals surface area (Å²) in [4.78, 5) is 39.0. The molecule has 0 aromatic carbocycles. The van der Waals surface area contributed by atoms with Gasteiger partial charge >= 0.3 is 5.97 Å². The SMILES string of the molecule is CCC(C)C(Nc1nc(N)[nH]c(=O)c1N=O)C(=O)O. The molecule has 0 radical (unpaired) electrons. The molecule has 0 amide bonds. The lowest BCUT2D eigenvalue weighted by atomic mass is 9.99. The fourth-order valence-corrected chi connectivity index (χ4v) is 1.50. The summed E-state index contributed by atoms with van der Waals surface area (Å²) in [5.41, 5.74) is 4.00. The standard InChI is InChI=1S/C10H15N5O4/c1-3-4(2)5(9(17)18)12-7-6(15-19)8(16)14-10(11)13-7/h4-5H,3H2,1-2H3,(H,17,18)(H4,11,12,13,14,16). The summed E-state index contributed by atoms with van der Waals surface area (Å²) >= 11 is 0. The van der Waals surface area contributed by atoms with Crippen LogP contribution >= 0.6 is 0 Å². The molecular weight excluding hydrogens is 254 g/mol. The third-order valence-electron chi connectivity index (χ3n) is 2.78. The number of nitrogens with two attached hydrogens (primary N) is 1. The second-order valence-electron chi connectivity index (χ2n) is 4.09. The van der Waals surface area contributed by atoms with E-state index in [-0.39, 0.29) is 17.7 Å². The lowest BCUT2D eigenvalue weighted by Gasteiger charge is -2.20. The number of aliphatic carboxylic acids is 1. The highest BCUT2D eigenvalue weighted by molar-refractivity contribution is 5.78. The summed E-state index contributed by atoms with van der Waals surface area (Å²) in [6.45, 7) is 3.54. The summed E-state index contributed by atoms with van der Waals surface area (Å²) in [7, 11) is 0. The van der Waals surface area contributed by atoms with E-state index in [2.05, 4.69) is 20.5 Å². The largest absolute Gasteiger partial charge is 0.480 e. The zero-order chi connectivity index (χ0) is 14.6.